The van der Waals surface area contributed by atoms with E-state index < -0.39 is 0 Å². The molecular formula is C9H17NO2. The summed E-state index contributed by atoms with van der Waals surface area (Å²) in [5.74, 6) is -0.109. The molecule has 0 aromatic rings. The van der Waals surface area contributed by atoms with Crippen molar-refractivity contribution in [2.75, 3.05) is 13.7 Å². The minimum absolute atomic E-state index is 0.109. The maximum atomic E-state index is 10.8. The molecule has 0 atom stereocenters. The SMILES string of the molecule is CCOC(C)(C)C=CC(=O)NC. The number of ether oxygens (including phenoxy) is 1. The van der Waals surface area contributed by atoms with Crippen LogP contribution in [0, 0.1) is 0 Å². The van der Waals surface area contributed by atoms with Gasteiger partial charge in [0.15, 0.2) is 0 Å². The van der Waals surface area contributed by atoms with E-state index in [1.54, 1.807) is 13.1 Å². The van der Waals surface area contributed by atoms with E-state index in [-0.39, 0.29) is 11.5 Å². The first-order valence-electron chi connectivity index (χ1n) is 4.06. The Labute approximate surface area is 73.8 Å². The van der Waals surface area contributed by atoms with Crippen LogP contribution in [0.1, 0.15) is 20.8 Å². The zero-order chi connectivity index (χ0) is 9.61. The molecule has 0 aliphatic rings. The second-order valence-electron chi connectivity index (χ2n) is 2.98. The highest BCUT2D eigenvalue weighted by molar-refractivity contribution is 5.87. The van der Waals surface area contributed by atoms with Crippen molar-refractivity contribution < 1.29 is 9.53 Å². The number of rotatable bonds is 4. The topological polar surface area (TPSA) is 38.3 Å². The first-order chi connectivity index (χ1) is 5.52. The molecule has 0 fully saturated rings. The van der Waals surface area contributed by atoms with Crippen LogP contribution in [0.15, 0.2) is 12.2 Å². The number of hydrogen-bond donors (Lipinski definition) is 1. The zero-order valence-electron chi connectivity index (χ0n) is 8.18. The number of hydrogen-bond acceptors (Lipinski definition) is 2. The average molecular weight is 171 g/mol. The number of amides is 1. The molecule has 3 nitrogen and oxygen atoms in total. The summed E-state index contributed by atoms with van der Waals surface area (Å²) in [5.41, 5.74) is -0.360. The van der Waals surface area contributed by atoms with Crippen LogP contribution in [0.4, 0.5) is 0 Å². The third kappa shape index (κ3) is 4.91. The van der Waals surface area contributed by atoms with Crippen LogP contribution in [0.3, 0.4) is 0 Å². The molecule has 0 aromatic heterocycles. The maximum absolute atomic E-state index is 10.8. The van der Waals surface area contributed by atoms with Gasteiger partial charge in [0.05, 0.1) is 5.60 Å². The Hall–Kier alpha value is -0.830. The molecular weight excluding hydrogens is 154 g/mol. The number of nitrogens with one attached hydrogen (secondary N) is 1. The second-order valence-corrected chi connectivity index (χ2v) is 2.98. The van der Waals surface area contributed by atoms with Gasteiger partial charge in [-0.25, -0.2) is 0 Å². The average Bonchev–Trinajstić information content (AvgIpc) is 2.00. The maximum Gasteiger partial charge on any atom is 0.243 e. The lowest BCUT2D eigenvalue weighted by atomic mass is 10.1. The Morgan fingerprint density at radius 3 is 2.58 bits per heavy atom. The second kappa shape index (κ2) is 4.93. The fourth-order valence-corrected chi connectivity index (χ4v) is 0.780. The van der Waals surface area contributed by atoms with E-state index in [9.17, 15) is 4.79 Å². The summed E-state index contributed by atoms with van der Waals surface area (Å²) >= 11 is 0. The van der Waals surface area contributed by atoms with Gasteiger partial charge < -0.3 is 10.1 Å². The number of carbonyl (C=O) groups is 1. The predicted octanol–water partition coefficient (Wildman–Crippen LogP) is 1.10. The summed E-state index contributed by atoms with van der Waals surface area (Å²) < 4.78 is 5.36. The van der Waals surface area contributed by atoms with E-state index in [0.29, 0.717) is 6.61 Å². The van der Waals surface area contributed by atoms with Gasteiger partial charge in [-0.2, -0.15) is 0 Å². The normalized spacial score (nSPS) is 12.0. The van der Waals surface area contributed by atoms with Crippen LogP contribution in [-0.2, 0) is 9.53 Å². The molecule has 70 valence electrons. The standard InChI is InChI=1S/C9H17NO2/c1-5-12-9(2,3)7-6-8(11)10-4/h6-7H,5H2,1-4H3,(H,10,11). The molecule has 0 saturated heterocycles. The van der Waals surface area contributed by atoms with Crippen molar-refractivity contribution in [3.63, 3.8) is 0 Å². The van der Waals surface area contributed by atoms with E-state index in [4.69, 9.17) is 4.74 Å². The van der Waals surface area contributed by atoms with Crippen LogP contribution >= 0.6 is 0 Å². The Kier molecular flexibility index (Phi) is 4.59. The van der Waals surface area contributed by atoms with Gasteiger partial charge in [0.1, 0.15) is 0 Å². The lowest BCUT2D eigenvalue weighted by Gasteiger charge is -2.19. The van der Waals surface area contributed by atoms with E-state index in [0.717, 1.165) is 0 Å². The van der Waals surface area contributed by atoms with Gasteiger partial charge in [0, 0.05) is 19.7 Å². The largest absolute Gasteiger partial charge is 0.372 e. The van der Waals surface area contributed by atoms with Gasteiger partial charge >= 0.3 is 0 Å². The highest BCUT2D eigenvalue weighted by Crippen LogP contribution is 2.09. The third-order valence-electron chi connectivity index (χ3n) is 1.40. The molecule has 0 rings (SSSR count). The quantitative estimate of drug-likeness (QED) is 0.643. The van der Waals surface area contributed by atoms with E-state index >= 15 is 0 Å². The molecule has 0 unspecified atom stereocenters. The van der Waals surface area contributed by atoms with Gasteiger partial charge in [-0.05, 0) is 26.8 Å². The van der Waals surface area contributed by atoms with Crippen LogP contribution < -0.4 is 5.32 Å². The minimum Gasteiger partial charge on any atom is -0.372 e. The van der Waals surface area contributed by atoms with Crippen LogP contribution in [-0.4, -0.2) is 25.2 Å². The van der Waals surface area contributed by atoms with Gasteiger partial charge in [0.25, 0.3) is 0 Å². The summed E-state index contributed by atoms with van der Waals surface area (Å²) in [7, 11) is 1.60. The lowest BCUT2D eigenvalue weighted by molar-refractivity contribution is -0.116. The zero-order valence-corrected chi connectivity index (χ0v) is 8.18. The molecule has 0 bridgehead atoms. The fourth-order valence-electron chi connectivity index (χ4n) is 0.780. The third-order valence-corrected chi connectivity index (χ3v) is 1.40. The molecule has 1 N–H and O–H groups in total. The summed E-state index contributed by atoms with van der Waals surface area (Å²) in [5, 5.41) is 2.50. The van der Waals surface area contributed by atoms with Crippen molar-refractivity contribution in [3.8, 4) is 0 Å². The molecule has 0 aromatic carbocycles. The molecule has 0 heterocycles. The van der Waals surface area contributed by atoms with E-state index in [2.05, 4.69) is 5.32 Å². The Bertz CT molecular complexity index is 173. The van der Waals surface area contributed by atoms with E-state index in [1.807, 2.05) is 20.8 Å². The van der Waals surface area contributed by atoms with Crippen LogP contribution in [0.5, 0.6) is 0 Å². The van der Waals surface area contributed by atoms with E-state index in [1.165, 1.54) is 6.08 Å². The smallest absolute Gasteiger partial charge is 0.243 e. The first kappa shape index (κ1) is 11.2. The van der Waals surface area contributed by atoms with Crippen molar-refractivity contribution in [3.05, 3.63) is 12.2 Å². The van der Waals surface area contributed by atoms with Gasteiger partial charge in [-0.1, -0.05) is 0 Å². The van der Waals surface area contributed by atoms with Crippen molar-refractivity contribution in [2.45, 2.75) is 26.4 Å². The fraction of sp³-hybridized carbons (Fsp3) is 0.667. The van der Waals surface area contributed by atoms with Crippen molar-refractivity contribution in [1.29, 1.82) is 0 Å². The molecule has 0 saturated carbocycles. The number of carbonyl (C=O) groups excluding carboxylic acids is 1. The van der Waals surface area contributed by atoms with Crippen LogP contribution in [0.25, 0.3) is 0 Å². The minimum atomic E-state index is -0.360. The Morgan fingerprint density at radius 2 is 2.17 bits per heavy atom. The predicted molar refractivity (Wildman–Crippen MR) is 48.9 cm³/mol. The monoisotopic (exact) mass is 171 g/mol. The van der Waals surface area contributed by atoms with Crippen molar-refractivity contribution in [1.82, 2.24) is 5.32 Å². The van der Waals surface area contributed by atoms with Crippen molar-refractivity contribution in [2.24, 2.45) is 0 Å². The Morgan fingerprint density at radius 1 is 1.58 bits per heavy atom. The van der Waals surface area contributed by atoms with Gasteiger partial charge in [-0.15, -0.1) is 0 Å². The molecule has 0 aliphatic heterocycles. The van der Waals surface area contributed by atoms with Crippen LogP contribution in [0.2, 0.25) is 0 Å². The molecule has 1 amide bonds. The van der Waals surface area contributed by atoms with Gasteiger partial charge in [-0.3, -0.25) is 4.79 Å². The molecule has 12 heavy (non-hydrogen) atoms. The molecule has 3 heteroatoms. The summed E-state index contributed by atoms with van der Waals surface area (Å²) in [6.45, 7) is 6.40. The highest BCUT2D eigenvalue weighted by Gasteiger charge is 2.12. The first-order valence-corrected chi connectivity index (χ1v) is 4.06. The number of likely N-dealkylation sites (N-methyl/N-ethyl adjacent to an activating group) is 1. The molecule has 0 aliphatic carbocycles. The molecule has 0 spiro atoms. The summed E-state index contributed by atoms with van der Waals surface area (Å²) in [6, 6.07) is 0. The lowest BCUT2D eigenvalue weighted by Crippen LogP contribution is -2.23. The molecule has 0 radical (unpaired) electrons. The van der Waals surface area contributed by atoms with Crippen molar-refractivity contribution >= 4 is 5.91 Å². The Balaban J connectivity index is 4.03. The van der Waals surface area contributed by atoms with Gasteiger partial charge in [0.2, 0.25) is 5.91 Å². The highest BCUT2D eigenvalue weighted by atomic mass is 16.5. The summed E-state index contributed by atoms with van der Waals surface area (Å²) in [4.78, 5) is 10.8. The summed E-state index contributed by atoms with van der Waals surface area (Å²) in [6.07, 6.45) is 3.23.